The van der Waals surface area contributed by atoms with E-state index in [2.05, 4.69) is 27.7 Å². The fourth-order valence-electron chi connectivity index (χ4n) is 1.88. The Morgan fingerprint density at radius 1 is 1.17 bits per heavy atom. The van der Waals surface area contributed by atoms with Crippen LogP contribution in [-0.2, 0) is 6.42 Å². The van der Waals surface area contributed by atoms with Gasteiger partial charge in [-0.1, -0.05) is 39.8 Å². The average Bonchev–Trinajstić information content (AvgIpc) is 2.28. The molecule has 1 aromatic carbocycles. The number of ether oxygens (including phenoxy) is 1. The van der Waals surface area contributed by atoms with E-state index in [1.807, 2.05) is 24.3 Å². The Labute approximate surface area is 111 Å². The normalized spacial score (nSPS) is 15.2. The predicted molar refractivity (Wildman–Crippen MR) is 75.9 cm³/mol. The van der Waals surface area contributed by atoms with Crippen molar-refractivity contribution in [3.05, 3.63) is 29.8 Å². The van der Waals surface area contributed by atoms with Crippen molar-refractivity contribution >= 4 is 0 Å². The third kappa shape index (κ3) is 4.69. The first-order valence-electron chi connectivity index (χ1n) is 6.64. The van der Waals surface area contributed by atoms with Crippen molar-refractivity contribution in [1.82, 2.24) is 0 Å². The summed E-state index contributed by atoms with van der Waals surface area (Å²) in [6, 6.07) is 7.91. The monoisotopic (exact) mass is 250 g/mol. The maximum absolute atomic E-state index is 10.1. The molecule has 102 valence electrons. The van der Waals surface area contributed by atoms with E-state index in [0.29, 0.717) is 12.3 Å². The van der Waals surface area contributed by atoms with E-state index in [-0.39, 0.29) is 11.5 Å². The largest absolute Gasteiger partial charge is 0.497 e. The Morgan fingerprint density at radius 2 is 1.72 bits per heavy atom. The summed E-state index contributed by atoms with van der Waals surface area (Å²) in [5, 5.41) is 10.1. The average molecular weight is 250 g/mol. The number of hydrogen-bond acceptors (Lipinski definition) is 2. The molecular weight excluding hydrogens is 224 g/mol. The summed E-state index contributed by atoms with van der Waals surface area (Å²) in [4.78, 5) is 0. The Kier molecular flexibility index (Phi) is 5.21. The lowest BCUT2D eigenvalue weighted by atomic mass is 9.78. The summed E-state index contributed by atoms with van der Waals surface area (Å²) < 4.78 is 5.12. The molecule has 2 unspecified atom stereocenters. The van der Waals surface area contributed by atoms with Crippen molar-refractivity contribution in [2.24, 2.45) is 11.3 Å². The quantitative estimate of drug-likeness (QED) is 0.864. The van der Waals surface area contributed by atoms with Gasteiger partial charge in [0, 0.05) is 0 Å². The van der Waals surface area contributed by atoms with Gasteiger partial charge in [0.25, 0.3) is 0 Å². The molecule has 2 heteroatoms. The Morgan fingerprint density at radius 3 is 2.17 bits per heavy atom. The fourth-order valence-corrected chi connectivity index (χ4v) is 1.88. The molecule has 0 amide bonds. The number of benzene rings is 1. The molecule has 0 bridgehead atoms. The molecule has 18 heavy (non-hydrogen) atoms. The minimum atomic E-state index is -0.271. The number of rotatable bonds is 5. The van der Waals surface area contributed by atoms with Crippen molar-refractivity contribution in [2.75, 3.05) is 7.11 Å². The number of aliphatic hydroxyl groups is 1. The first-order chi connectivity index (χ1) is 8.32. The summed E-state index contributed by atoms with van der Waals surface area (Å²) in [5.41, 5.74) is 1.41. The van der Waals surface area contributed by atoms with E-state index >= 15 is 0 Å². The highest BCUT2D eigenvalue weighted by molar-refractivity contribution is 5.27. The lowest BCUT2D eigenvalue weighted by Crippen LogP contribution is -2.24. The van der Waals surface area contributed by atoms with Crippen molar-refractivity contribution < 1.29 is 9.84 Å². The van der Waals surface area contributed by atoms with Crippen LogP contribution in [-0.4, -0.2) is 18.3 Å². The van der Waals surface area contributed by atoms with Crippen LogP contribution in [0.3, 0.4) is 0 Å². The molecule has 2 atom stereocenters. The van der Waals surface area contributed by atoms with E-state index in [9.17, 15) is 5.11 Å². The molecule has 0 saturated carbocycles. The van der Waals surface area contributed by atoms with Gasteiger partial charge in [0.05, 0.1) is 13.2 Å². The minimum absolute atomic E-state index is 0.251. The topological polar surface area (TPSA) is 29.5 Å². The van der Waals surface area contributed by atoms with Gasteiger partial charge in [-0.25, -0.2) is 0 Å². The molecule has 1 rings (SSSR count). The van der Waals surface area contributed by atoms with E-state index in [1.165, 1.54) is 0 Å². The van der Waals surface area contributed by atoms with Crippen LogP contribution in [0.15, 0.2) is 24.3 Å². The van der Waals surface area contributed by atoms with Crippen molar-refractivity contribution in [3.8, 4) is 5.75 Å². The highest BCUT2D eigenvalue weighted by Gasteiger charge is 2.22. The number of methoxy groups -OCH3 is 1. The van der Waals surface area contributed by atoms with Crippen LogP contribution in [0.5, 0.6) is 5.75 Å². The van der Waals surface area contributed by atoms with Crippen LogP contribution in [0.4, 0.5) is 0 Å². The second kappa shape index (κ2) is 6.24. The molecule has 0 radical (unpaired) electrons. The highest BCUT2D eigenvalue weighted by Crippen LogP contribution is 2.29. The van der Waals surface area contributed by atoms with Gasteiger partial charge in [-0.3, -0.25) is 0 Å². The molecule has 0 fully saturated rings. The zero-order valence-electron chi connectivity index (χ0n) is 12.2. The van der Waals surface area contributed by atoms with Crippen LogP contribution in [0.25, 0.3) is 0 Å². The zero-order valence-corrected chi connectivity index (χ0v) is 12.2. The van der Waals surface area contributed by atoms with Crippen LogP contribution < -0.4 is 4.74 Å². The first-order valence-corrected chi connectivity index (χ1v) is 6.64. The molecule has 0 heterocycles. The van der Waals surface area contributed by atoms with Crippen molar-refractivity contribution in [1.29, 1.82) is 0 Å². The van der Waals surface area contributed by atoms with Gasteiger partial charge < -0.3 is 9.84 Å². The first kappa shape index (κ1) is 15.0. The van der Waals surface area contributed by atoms with Crippen molar-refractivity contribution in [2.45, 2.75) is 46.6 Å². The predicted octanol–water partition coefficient (Wildman–Crippen LogP) is 3.67. The van der Waals surface area contributed by atoms with Gasteiger partial charge in [-0.2, -0.15) is 0 Å². The molecule has 2 nitrogen and oxygen atoms in total. The highest BCUT2D eigenvalue weighted by atomic mass is 16.5. The summed E-state index contributed by atoms with van der Waals surface area (Å²) in [6.45, 7) is 8.87. The van der Waals surface area contributed by atoms with Crippen LogP contribution in [0, 0.1) is 11.3 Å². The van der Waals surface area contributed by atoms with Gasteiger partial charge in [0.1, 0.15) is 5.75 Å². The SMILES string of the molecule is COc1ccc(CC(O)CC(C)C(C)(C)C)cc1. The standard InChI is InChI=1S/C16H26O2/c1-12(16(2,3)4)10-14(17)11-13-6-8-15(18-5)9-7-13/h6-9,12,14,17H,10-11H2,1-5H3. The third-order valence-corrected chi connectivity index (χ3v) is 3.73. The molecule has 0 aromatic heterocycles. The van der Waals surface area contributed by atoms with Crippen LogP contribution in [0.1, 0.15) is 39.7 Å². The van der Waals surface area contributed by atoms with E-state index in [0.717, 1.165) is 17.7 Å². The molecule has 0 saturated heterocycles. The van der Waals surface area contributed by atoms with Gasteiger partial charge in [0.15, 0.2) is 0 Å². The molecule has 0 aliphatic rings. The molecule has 0 aliphatic heterocycles. The summed E-state index contributed by atoms with van der Waals surface area (Å²) in [6.07, 6.45) is 1.28. The summed E-state index contributed by atoms with van der Waals surface area (Å²) >= 11 is 0. The lowest BCUT2D eigenvalue weighted by Gasteiger charge is -2.29. The Bertz CT molecular complexity index is 348. The smallest absolute Gasteiger partial charge is 0.118 e. The van der Waals surface area contributed by atoms with Gasteiger partial charge in [0.2, 0.25) is 0 Å². The lowest BCUT2D eigenvalue weighted by molar-refractivity contribution is 0.110. The van der Waals surface area contributed by atoms with E-state index in [1.54, 1.807) is 7.11 Å². The van der Waals surface area contributed by atoms with E-state index < -0.39 is 0 Å². The van der Waals surface area contributed by atoms with Gasteiger partial charge >= 0.3 is 0 Å². The second-order valence-electron chi connectivity index (χ2n) is 6.21. The van der Waals surface area contributed by atoms with Gasteiger partial charge in [-0.15, -0.1) is 0 Å². The summed E-state index contributed by atoms with van der Waals surface area (Å²) in [5.74, 6) is 1.36. The second-order valence-corrected chi connectivity index (χ2v) is 6.21. The maximum atomic E-state index is 10.1. The number of aliphatic hydroxyl groups excluding tert-OH is 1. The van der Waals surface area contributed by atoms with E-state index in [4.69, 9.17) is 4.74 Å². The molecule has 0 spiro atoms. The molecule has 0 aliphatic carbocycles. The van der Waals surface area contributed by atoms with Crippen LogP contribution in [0.2, 0.25) is 0 Å². The Hall–Kier alpha value is -1.02. The minimum Gasteiger partial charge on any atom is -0.497 e. The summed E-state index contributed by atoms with van der Waals surface area (Å²) in [7, 11) is 1.66. The Balaban J connectivity index is 2.51. The number of hydrogen-bond donors (Lipinski definition) is 1. The van der Waals surface area contributed by atoms with Crippen LogP contribution >= 0.6 is 0 Å². The third-order valence-electron chi connectivity index (χ3n) is 3.73. The fraction of sp³-hybridized carbons (Fsp3) is 0.625. The van der Waals surface area contributed by atoms with Crippen molar-refractivity contribution in [3.63, 3.8) is 0 Å². The molecule has 1 N–H and O–H groups in total. The van der Waals surface area contributed by atoms with Gasteiger partial charge in [-0.05, 0) is 41.9 Å². The molecule has 1 aromatic rings. The molecular formula is C16H26O2. The maximum Gasteiger partial charge on any atom is 0.118 e. The zero-order chi connectivity index (χ0) is 13.8.